The first-order valence-electron chi connectivity index (χ1n) is 5.42. The first kappa shape index (κ1) is 12.2. The summed E-state index contributed by atoms with van der Waals surface area (Å²) in [6.45, 7) is 6.03. The van der Waals surface area contributed by atoms with E-state index in [1.807, 2.05) is 6.07 Å². The maximum absolute atomic E-state index is 5.15. The SMILES string of the molecule is COCC(C)(C)NCCc1ccccc1. The number of rotatable bonds is 6. The molecule has 0 heterocycles. The Labute approximate surface area is 92.6 Å². The molecule has 2 heteroatoms. The van der Waals surface area contributed by atoms with E-state index in [9.17, 15) is 0 Å². The third kappa shape index (κ3) is 4.96. The van der Waals surface area contributed by atoms with E-state index in [-0.39, 0.29) is 5.54 Å². The van der Waals surface area contributed by atoms with Gasteiger partial charge in [0.25, 0.3) is 0 Å². The van der Waals surface area contributed by atoms with Gasteiger partial charge in [-0.2, -0.15) is 0 Å². The summed E-state index contributed by atoms with van der Waals surface area (Å²) < 4.78 is 5.15. The molecule has 0 atom stereocenters. The monoisotopic (exact) mass is 207 g/mol. The van der Waals surface area contributed by atoms with Crippen LogP contribution in [0.2, 0.25) is 0 Å². The van der Waals surface area contributed by atoms with Crippen molar-refractivity contribution in [1.82, 2.24) is 5.32 Å². The van der Waals surface area contributed by atoms with Crippen molar-refractivity contribution in [2.45, 2.75) is 25.8 Å². The van der Waals surface area contributed by atoms with Crippen LogP contribution in [0, 0.1) is 0 Å². The lowest BCUT2D eigenvalue weighted by Crippen LogP contribution is -2.44. The zero-order valence-corrected chi connectivity index (χ0v) is 9.92. The quantitative estimate of drug-likeness (QED) is 0.772. The zero-order valence-electron chi connectivity index (χ0n) is 9.92. The molecule has 0 spiro atoms. The lowest BCUT2D eigenvalue weighted by atomic mass is 10.1. The number of hydrogen-bond donors (Lipinski definition) is 1. The van der Waals surface area contributed by atoms with Crippen molar-refractivity contribution in [2.75, 3.05) is 20.3 Å². The number of methoxy groups -OCH3 is 1. The average molecular weight is 207 g/mol. The molecule has 1 aromatic carbocycles. The van der Waals surface area contributed by atoms with Crippen molar-refractivity contribution in [3.63, 3.8) is 0 Å². The lowest BCUT2D eigenvalue weighted by Gasteiger charge is -2.25. The van der Waals surface area contributed by atoms with Crippen molar-refractivity contribution in [1.29, 1.82) is 0 Å². The number of ether oxygens (including phenoxy) is 1. The molecule has 0 aliphatic heterocycles. The van der Waals surface area contributed by atoms with Crippen LogP contribution < -0.4 is 5.32 Å². The third-order valence-electron chi connectivity index (χ3n) is 2.37. The van der Waals surface area contributed by atoms with Gasteiger partial charge in [0.2, 0.25) is 0 Å². The first-order valence-corrected chi connectivity index (χ1v) is 5.42. The van der Waals surface area contributed by atoms with Gasteiger partial charge in [0, 0.05) is 12.6 Å². The summed E-state index contributed by atoms with van der Waals surface area (Å²) in [6.07, 6.45) is 1.06. The number of hydrogen-bond acceptors (Lipinski definition) is 2. The maximum atomic E-state index is 5.15. The van der Waals surface area contributed by atoms with Crippen LogP contribution in [0.25, 0.3) is 0 Å². The zero-order chi connectivity index (χ0) is 11.1. The van der Waals surface area contributed by atoms with Crippen LogP contribution in [0.3, 0.4) is 0 Å². The maximum Gasteiger partial charge on any atom is 0.0639 e. The molecule has 1 aromatic rings. The summed E-state index contributed by atoms with van der Waals surface area (Å²) in [5.41, 5.74) is 1.43. The Morgan fingerprint density at radius 2 is 1.87 bits per heavy atom. The highest BCUT2D eigenvalue weighted by Gasteiger charge is 2.15. The van der Waals surface area contributed by atoms with Crippen LogP contribution >= 0.6 is 0 Å². The summed E-state index contributed by atoms with van der Waals surface area (Å²) in [7, 11) is 1.74. The molecule has 15 heavy (non-hydrogen) atoms. The molecule has 0 radical (unpaired) electrons. The summed E-state index contributed by atoms with van der Waals surface area (Å²) in [4.78, 5) is 0. The molecule has 0 fully saturated rings. The van der Waals surface area contributed by atoms with Crippen LogP contribution in [0.4, 0.5) is 0 Å². The molecule has 0 bridgehead atoms. The molecule has 84 valence electrons. The summed E-state index contributed by atoms with van der Waals surface area (Å²) in [5.74, 6) is 0. The summed E-state index contributed by atoms with van der Waals surface area (Å²) in [6, 6.07) is 10.5. The van der Waals surface area contributed by atoms with Crippen LogP contribution in [-0.2, 0) is 11.2 Å². The van der Waals surface area contributed by atoms with Gasteiger partial charge in [-0.05, 0) is 32.4 Å². The smallest absolute Gasteiger partial charge is 0.0639 e. The van der Waals surface area contributed by atoms with E-state index in [1.54, 1.807) is 7.11 Å². The van der Waals surface area contributed by atoms with E-state index in [0.717, 1.165) is 19.6 Å². The molecule has 1 rings (SSSR count). The number of nitrogens with one attached hydrogen (secondary N) is 1. The van der Waals surface area contributed by atoms with Gasteiger partial charge in [-0.3, -0.25) is 0 Å². The molecule has 0 aromatic heterocycles. The van der Waals surface area contributed by atoms with Crippen LogP contribution in [0.5, 0.6) is 0 Å². The molecule has 0 amide bonds. The Kier molecular flexibility index (Phi) is 4.79. The normalized spacial score (nSPS) is 11.7. The predicted molar refractivity (Wildman–Crippen MR) is 64.1 cm³/mol. The Balaban J connectivity index is 2.27. The highest BCUT2D eigenvalue weighted by molar-refractivity contribution is 5.14. The minimum Gasteiger partial charge on any atom is -0.383 e. The van der Waals surface area contributed by atoms with Gasteiger partial charge in [-0.15, -0.1) is 0 Å². The minimum atomic E-state index is 0.0591. The molecule has 0 aliphatic rings. The van der Waals surface area contributed by atoms with E-state index in [1.165, 1.54) is 5.56 Å². The van der Waals surface area contributed by atoms with Crippen molar-refractivity contribution < 1.29 is 4.74 Å². The average Bonchev–Trinajstić information content (AvgIpc) is 2.19. The van der Waals surface area contributed by atoms with E-state index in [0.29, 0.717) is 0 Å². The Hall–Kier alpha value is -0.860. The predicted octanol–water partition coefficient (Wildman–Crippen LogP) is 2.24. The van der Waals surface area contributed by atoms with Gasteiger partial charge >= 0.3 is 0 Å². The lowest BCUT2D eigenvalue weighted by molar-refractivity contribution is 0.129. The fourth-order valence-corrected chi connectivity index (χ4v) is 1.60. The Morgan fingerprint density at radius 3 is 2.47 bits per heavy atom. The molecule has 0 unspecified atom stereocenters. The molecular formula is C13H21NO. The van der Waals surface area contributed by atoms with Gasteiger partial charge < -0.3 is 10.1 Å². The van der Waals surface area contributed by atoms with Gasteiger partial charge in [-0.1, -0.05) is 30.3 Å². The molecular weight excluding hydrogens is 186 g/mol. The fourth-order valence-electron chi connectivity index (χ4n) is 1.60. The Morgan fingerprint density at radius 1 is 1.20 bits per heavy atom. The second-order valence-electron chi connectivity index (χ2n) is 4.48. The van der Waals surface area contributed by atoms with Gasteiger partial charge in [0.05, 0.1) is 6.61 Å². The minimum absolute atomic E-state index is 0.0591. The van der Waals surface area contributed by atoms with E-state index in [2.05, 4.69) is 43.4 Å². The van der Waals surface area contributed by atoms with Crippen molar-refractivity contribution in [2.24, 2.45) is 0 Å². The molecule has 0 saturated carbocycles. The van der Waals surface area contributed by atoms with Gasteiger partial charge in [-0.25, -0.2) is 0 Å². The van der Waals surface area contributed by atoms with Crippen LogP contribution in [-0.4, -0.2) is 25.8 Å². The van der Waals surface area contributed by atoms with E-state index < -0.39 is 0 Å². The van der Waals surface area contributed by atoms with Crippen molar-refractivity contribution in [3.8, 4) is 0 Å². The Bertz CT molecular complexity index is 269. The topological polar surface area (TPSA) is 21.3 Å². The van der Waals surface area contributed by atoms with Gasteiger partial charge in [0.15, 0.2) is 0 Å². The fraction of sp³-hybridized carbons (Fsp3) is 0.538. The summed E-state index contributed by atoms with van der Waals surface area (Å²) in [5, 5.41) is 3.48. The molecule has 0 aliphatic carbocycles. The van der Waals surface area contributed by atoms with Crippen molar-refractivity contribution >= 4 is 0 Å². The highest BCUT2D eigenvalue weighted by atomic mass is 16.5. The molecule has 1 N–H and O–H groups in total. The van der Waals surface area contributed by atoms with Crippen LogP contribution in [0.15, 0.2) is 30.3 Å². The number of benzene rings is 1. The summed E-state index contributed by atoms with van der Waals surface area (Å²) >= 11 is 0. The molecule has 2 nitrogen and oxygen atoms in total. The van der Waals surface area contributed by atoms with Crippen LogP contribution in [0.1, 0.15) is 19.4 Å². The van der Waals surface area contributed by atoms with E-state index >= 15 is 0 Å². The highest BCUT2D eigenvalue weighted by Crippen LogP contribution is 2.03. The largest absolute Gasteiger partial charge is 0.383 e. The molecule has 0 saturated heterocycles. The second-order valence-corrected chi connectivity index (χ2v) is 4.48. The van der Waals surface area contributed by atoms with E-state index in [4.69, 9.17) is 4.74 Å². The first-order chi connectivity index (χ1) is 7.14. The standard InChI is InChI=1S/C13H21NO/c1-13(2,11-15-3)14-10-9-12-7-5-4-6-8-12/h4-8,14H,9-11H2,1-3H3. The third-order valence-corrected chi connectivity index (χ3v) is 2.37. The van der Waals surface area contributed by atoms with Crippen molar-refractivity contribution in [3.05, 3.63) is 35.9 Å². The van der Waals surface area contributed by atoms with Gasteiger partial charge in [0.1, 0.15) is 0 Å². The second kappa shape index (κ2) is 5.89.